The van der Waals surface area contributed by atoms with E-state index in [4.69, 9.17) is 5.73 Å². The first-order valence-electron chi connectivity index (χ1n) is 7.61. The predicted octanol–water partition coefficient (Wildman–Crippen LogP) is 3.44. The molecule has 120 valence electrons. The molecule has 0 spiro atoms. The molecular weight excluding hydrogens is 282 g/mol. The Hall–Kier alpha value is -0.870. The molecule has 1 aromatic rings. The smallest absolute Gasteiger partial charge is 0.152 e. The van der Waals surface area contributed by atoms with Gasteiger partial charge in [-0.3, -0.25) is 0 Å². The highest BCUT2D eigenvalue weighted by Gasteiger charge is 2.20. The maximum Gasteiger partial charge on any atom is 0.152 e. The molecule has 1 rings (SSSR count). The molecule has 0 amide bonds. The Balaban J connectivity index is 2.78. The minimum absolute atomic E-state index is 0.0200. The summed E-state index contributed by atoms with van der Waals surface area (Å²) < 4.78 is 24.3. The van der Waals surface area contributed by atoms with Crippen molar-refractivity contribution in [3.8, 4) is 0 Å². The SMILES string of the molecule is CCC(C)CS(=O)(=O)CC(N)c1ccc(C(C)(C)C)cc1. The highest BCUT2D eigenvalue weighted by Crippen LogP contribution is 2.24. The summed E-state index contributed by atoms with van der Waals surface area (Å²) in [4.78, 5) is 0. The van der Waals surface area contributed by atoms with Gasteiger partial charge in [0.25, 0.3) is 0 Å². The van der Waals surface area contributed by atoms with Crippen molar-refractivity contribution < 1.29 is 8.42 Å². The summed E-state index contributed by atoms with van der Waals surface area (Å²) in [5.74, 6) is 0.425. The second kappa shape index (κ2) is 6.93. The van der Waals surface area contributed by atoms with Crippen molar-refractivity contribution in [2.75, 3.05) is 11.5 Å². The lowest BCUT2D eigenvalue weighted by Gasteiger charge is -2.20. The van der Waals surface area contributed by atoms with E-state index in [2.05, 4.69) is 20.8 Å². The number of nitrogens with two attached hydrogens (primary N) is 1. The van der Waals surface area contributed by atoms with Crippen molar-refractivity contribution >= 4 is 9.84 Å². The molecule has 0 fully saturated rings. The van der Waals surface area contributed by atoms with Crippen LogP contribution in [0.5, 0.6) is 0 Å². The van der Waals surface area contributed by atoms with Crippen LogP contribution in [0.1, 0.15) is 58.2 Å². The first-order valence-corrected chi connectivity index (χ1v) is 9.43. The Kier molecular flexibility index (Phi) is 6.00. The third-order valence-electron chi connectivity index (χ3n) is 3.87. The van der Waals surface area contributed by atoms with E-state index >= 15 is 0 Å². The van der Waals surface area contributed by atoms with Crippen molar-refractivity contribution in [2.24, 2.45) is 11.7 Å². The fourth-order valence-corrected chi connectivity index (χ4v) is 4.20. The molecule has 0 radical (unpaired) electrons. The van der Waals surface area contributed by atoms with Crippen LogP contribution < -0.4 is 5.73 Å². The van der Waals surface area contributed by atoms with Gasteiger partial charge >= 0.3 is 0 Å². The van der Waals surface area contributed by atoms with Crippen molar-refractivity contribution in [2.45, 2.75) is 52.5 Å². The lowest BCUT2D eigenvalue weighted by Crippen LogP contribution is -2.26. The average molecular weight is 311 g/mol. The Morgan fingerprint density at radius 1 is 1.10 bits per heavy atom. The van der Waals surface area contributed by atoms with Crippen molar-refractivity contribution in [3.63, 3.8) is 0 Å². The van der Waals surface area contributed by atoms with Crippen LogP contribution >= 0.6 is 0 Å². The fraction of sp³-hybridized carbons (Fsp3) is 0.647. The van der Waals surface area contributed by atoms with Crippen LogP contribution in [-0.2, 0) is 15.3 Å². The minimum Gasteiger partial charge on any atom is -0.323 e. The topological polar surface area (TPSA) is 60.2 Å². The van der Waals surface area contributed by atoms with Crippen molar-refractivity contribution in [1.29, 1.82) is 0 Å². The first-order chi connectivity index (χ1) is 9.55. The van der Waals surface area contributed by atoms with Gasteiger partial charge in [-0.1, -0.05) is 65.3 Å². The normalized spacial score (nSPS) is 15.7. The molecule has 4 heteroatoms. The van der Waals surface area contributed by atoms with Crippen LogP contribution in [0.15, 0.2) is 24.3 Å². The van der Waals surface area contributed by atoms with Crippen molar-refractivity contribution in [3.05, 3.63) is 35.4 Å². The number of hydrogen-bond donors (Lipinski definition) is 1. The lowest BCUT2D eigenvalue weighted by molar-refractivity contribution is 0.558. The van der Waals surface area contributed by atoms with Gasteiger partial charge in [-0.25, -0.2) is 8.42 Å². The standard InChI is InChI=1S/C17H29NO2S/c1-6-13(2)11-21(19,20)12-16(18)14-7-9-15(10-8-14)17(3,4)5/h7-10,13,16H,6,11-12,18H2,1-5H3. The molecule has 2 unspecified atom stereocenters. The quantitative estimate of drug-likeness (QED) is 0.875. The summed E-state index contributed by atoms with van der Waals surface area (Å²) in [6.07, 6.45) is 0.870. The Bertz CT molecular complexity index is 541. The molecule has 2 N–H and O–H groups in total. The molecule has 0 aliphatic heterocycles. The maximum absolute atomic E-state index is 12.1. The van der Waals surface area contributed by atoms with Gasteiger partial charge < -0.3 is 5.73 Å². The molecule has 1 aromatic carbocycles. The molecule has 0 aromatic heterocycles. The zero-order valence-corrected chi connectivity index (χ0v) is 14.7. The minimum atomic E-state index is -3.10. The van der Waals surface area contributed by atoms with Gasteiger partial charge in [0, 0.05) is 6.04 Å². The average Bonchev–Trinajstić information content (AvgIpc) is 2.36. The van der Waals surface area contributed by atoms with Crippen LogP contribution in [0.4, 0.5) is 0 Å². The fourth-order valence-electron chi connectivity index (χ4n) is 2.22. The summed E-state index contributed by atoms with van der Waals surface area (Å²) >= 11 is 0. The van der Waals surface area contributed by atoms with Crippen LogP contribution in [0.3, 0.4) is 0 Å². The number of benzene rings is 1. The van der Waals surface area contributed by atoms with Gasteiger partial charge in [0.05, 0.1) is 11.5 Å². The first kappa shape index (κ1) is 18.2. The largest absolute Gasteiger partial charge is 0.323 e. The molecule has 2 atom stereocenters. The maximum atomic E-state index is 12.1. The molecule has 0 saturated carbocycles. The van der Waals surface area contributed by atoms with Gasteiger partial charge in [-0.15, -0.1) is 0 Å². The molecule has 0 aliphatic rings. The van der Waals surface area contributed by atoms with Crippen molar-refractivity contribution in [1.82, 2.24) is 0 Å². The number of hydrogen-bond acceptors (Lipinski definition) is 3. The van der Waals surface area contributed by atoms with E-state index < -0.39 is 15.9 Å². The third-order valence-corrected chi connectivity index (χ3v) is 5.82. The van der Waals surface area contributed by atoms with E-state index in [1.165, 1.54) is 5.56 Å². The van der Waals surface area contributed by atoms with E-state index in [-0.39, 0.29) is 22.8 Å². The summed E-state index contributed by atoms with van der Waals surface area (Å²) in [6, 6.07) is 7.52. The summed E-state index contributed by atoms with van der Waals surface area (Å²) in [7, 11) is -3.10. The molecule has 0 saturated heterocycles. The van der Waals surface area contributed by atoms with E-state index in [1.807, 2.05) is 38.1 Å². The van der Waals surface area contributed by atoms with Crippen LogP contribution in [0.25, 0.3) is 0 Å². The van der Waals surface area contributed by atoms with Gasteiger partial charge in [-0.2, -0.15) is 0 Å². The highest BCUT2D eigenvalue weighted by molar-refractivity contribution is 7.91. The van der Waals surface area contributed by atoms with E-state index in [1.54, 1.807) is 0 Å². The van der Waals surface area contributed by atoms with Gasteiger partial charge in [0.2, 0.25) is 0 Å². The molecule has 21 heavy (non-hydrogen) atoms. The molecule has 3 nitrogen and oxygen atoms in total. The van der Waals surface area contributed by atoms with E-state index in [9.17, 15) is 8.42 Å². The number of sulfone groups is 1. The number of rotatable bonds is 6. The van der Waals surface area contributed by atoms with Crippen LogP contribution in [-0.4, -0.2) is 19.9 Å². The Morgan fingerprint density at radius 3 is 2.05 bits per heavy atom. The third kappa shape index (κ3) is 5.79. The highest BCUT2D eigenvalue weighted by atomic mass is 32.2. The van der Waals surface area contributed by atoms with E-state index in [0.717, 1.165) is 12.0 Å². The van der Waals surface area contributed by atoms with Gasteiger partial charge in [0.15, 0.2) is 9.84 Å². The van der Waals surface area contributed by atoms with Gasteiger partial charge in [-0.05, 0) is 22.5 Å². The van der Waals surface area contributed by atoms with Crippen LogP contribution in [0, 0.1) is 5.92 Å². The van der Waals surface area contributed by atoms with E-state index in [0.29, 0.717) is 0 Å². The Morgan fingerprint density at radius 2 is 1.62 bits per heavy atom. The monoisotopic (exact) mass is 311 g/mol. The zero-order chi connectivity index (χ0) is 16.3. The second-order valence-electron chi connectivity index (χ2n) is 7.07. The Labute approximate surface area is 129 Å². The van der Waals surface area contributed by atoms with Gasteiger partial charge in [0.1, 0.15) is 0 Å². The van der Waals surface area contributed by atoms with Crippen LogP contribution in [0.2, 0.25) is 0 Å². The molecule has 0 aliphatic carbocycles. The molecular formula is C17H29NO2S. The summed E-state index contributed by atoms with van der Waals surface area (Å²) in [5, 5.41) is 0. The lowest BCUT2D eigenvalue weighted by atomic mass is 9.86. The predicted molar refractivity (Wildman–Crippen MR) is 90.2 cm³/mol. The molecule has 0 bridgehead atoms. The second-order valence-corrected chi connectivity index (χ2v) is 9.22. The zero-order valence-electron chi connectivity index (χ0n) is 13.9. The summed E-state index contributed by atoms with van der Waals surface area (Å²) in [5.41, 5.74) is 8.27. The summed E-state index contributed by atoms with van der Waals surface area (Å²) in [6.45, 7) is 10.4. The molecule has 0 heterocycles.